The monoisotopic (exact) mass is 409 g/mol. The molecule has 8 nitrogen and oxygen atoms in total. The average molecular weight is 409 g/mol. The summed E-state index contributed by atoms with van der Waals surface area (Å²) in [5.74, 6) is -0.607. The number of amides is 2. The van der Waals surface area contributed by atoms with E-state index in [-0.39, 0.29) is 22.6 Å². The van der Waals surface area contributed by atoms with Crippen molar-refractivity contribution < 1.29 is 9.59 Å². The van der Waals surface area contributed by atoms with Gasteiger partial charge in [0.15, 0.2) is 0 Å². The molecule has 0 aliphatic carbocycles. The third kappa shape index (κ3) is 3.68. The minimum absolute atomic E-state index is 0.0723. The molecule has 2 amide bonds. The van der Waals surface area contributed by atoms with Crippen molar-refractivity contribution in [3.8, 4) is 0 Å². The molecule has 3 heterocycles. The molecule has 0 radical (unpaired) electrons. The molecule has 148 valence electrons. The lowest BCUT2D eigenvalue weighted by Crippen LogP contribution is -2.45. The van der Waals surface area contributed by atoms with Crippen LogP contribution in [0.15, 0.2) is 53.5 Å². The second kappa shape index (κ2) is 7.59. The predicted octanol–water partition coefficient (Wildman–Crippen LogP) is 1.91. The van der Waals surface area contributed by atoms with Gasteiger partial charge in [-0.05, 0) is 35.9 Å². The van der Waals surface area contributed by atoms with E-state index in [1.165, 1.54) is 22.8 Å². The number of thioether (sulfide) groups is 1. The van der Waals surface area contributed by atoms with E-state index in [4.69, 9.17) is 0 Å². The summed E-state index contributed by atoms with van der Waals surface area (Å²) in [6.07, 6.45) is 1.56. The van der Waals surface area contributed by atoms with E-state index in [9.17, 15) is 14.4 Å². The highest BCUT2D eigenvalue weighted by Gasteiger charge is 2.35. The molecule has 1 saturated heterocycles. The number of carbonyl (C=O) groups excluding carboxylic acids is 2. The summed E-state index contributed by atoms with van der Waals surface area (Å²) in [5.41, 5.74) is 4.31. The van der Waals surface area contributed by atoms with E-state index in [1.807, 2.05) is 43.3 Å². The van der Waals surface area contributed by atoms with Crippen LogP contribution in [0.25, 0.3) is 11.0 Å². The standard InChI is InChI=1S/C20H19N5O3S/c1-24(2)14-7-5-12(6-8-14)20-25(16(26)11-29-20)23-19(28)15-10-13-4-3-9-21-17(13)22-18(15)27/h3-10,20H,11H2,1-2H3,(H,23,28)(H,21,22,27). The van der Waals surface area contributed by atoms with Gasteiger partial charge in [0, 0.05) is 31.4 Å². The fourth-order valence-corrected chi connectivity index (χ4v) is 4.21. The Morgan fingerprint density at radius 2 is 2.00 bits per heavy atom. The number of hydrogen-bond acceptors (Lipinski definition) is 6. The molecule has 1 atom stereocenters. The molecular weight excluding hydrogens is 390 g/mol. The highest BCUT2D eigenvalue weighted by molar-refractivity contribution is 8.00. The molecule has 1 aliphatic rings. The molecule has 0 spiro atoms. The van der Waals surface area contributed by atoms with Crippen molar-refractivity contribution in [2.75, 3.05) is 24.7 Å². The van der Waals surface area contributed by atoms with Crippen molar-refractivity contribution in [3.05, 3.63) is 70.1 Å². The molecule has 1 fully saturated rings. The quantitative estimate of drug-likeness (QED) is 0.683. The van der Waals surface area contributed by atoms with Crippen molar-refractivity contribution in [1.29, 1.82) is 0 Å². The van der Waals surface area contributed by atoms with Gasteiger partial charge in [0.25, 0.3) is 17.4 Å². The van der Waals surface area contributed by atoms with Crippen LogP contribution < -0.4 is 15.9 Å². The van der Waals surface area contributed by atoms with Crippen molar-refractivity contribution in [1.82, 2.24) is 20.4 Å². The number of pyridine rings is 2. The SMILES string of the molecule is CN(C)c1ccc(C2SCC(=O)N2NC(=O)c2cc3cccnc3[nH]c2=O)cc1. The Morgan fingerprint density at radius 1 is 1.24 bits per heavy atom. The van der Waals surface area contributed by atoms with Gasteiger partial charge in [-0.3, -0.25) is 19.8 Å². The number of rotatable bonds is 4. The number of hydrazine groups is 1. The molecular formula is C20H19N5O3S. The van der Waals surface area contributed by atoms with Gasteiger partial charge in [-0.1, -0.05) is 12.1 Å². The molecule has 0 saturated carbocycles. The van der Waals surface area contributed by atoms with Crippen LogP contribution in [-0.2, 0) is 4.79 Å². The number of benzene rings is 1. The number of hydrogen-bond donors (Lipinski definition) is 2. The molecule has 2 aromatic heterocycles. The van der Waals surface area contributed by atoms with Gasteiger partial charge < -0.3 is 9.88 Å². The third-order valence-corrected chi connectivity index (χ3v) is 5.86. The van der Waals surface area contributed by atoms with Crippen LogP contribution in [0.3, 0.4) is 0 Å². The summed E-state index contributed by atoms with van der Waals surface area (Å²) < 4.78 is 0. The maximum absolute atomic E-state index is 12.8. The molecule has 1 aliphatic heterocycles. The lowest BCUT2D eigenvalue weighted by molar-refractivity contribution is -0.130. The maximum Gasteiger partial charge on any atom is 0.275 e. The summed E-state index contributed by atoms with van der Waals surface area (Å²) in [6.45, 7) is 0. The molecule has 9 heteroatoms. The van der Waals surface area contributed by atoms with Crippen LogP contribution in [0.1, 0.15) is 21.3 Å². The number of fused-ring (bicyclic) bond motifs is 1. The number of H-pyrrole nitrogens is 1. The number of nitrogens with zero attached hydrogens (tertiary/aromatic N) is 3. The van der Waals surface area contributed by atoms with E-state index < -0.39 is 11.5 Å². The molecule has 2 N–H and O–H groups in total. The van der Waals surface area contributed by atoms with Crippen molar-refractivity contribution in [2.45, 2.75) is 5.37 Å². The Balaban J connectivity index is 1.60. The Bertz CT molecular complexity index is 1140. The summed E-state index contributed by atoms with van der Waals surface area (Å²) in [7, 11) is 3.90. The zero-order valence-electron chi connectivity index (χ0n) is 15.9. The Labute approximate surface area is 170 Å². The minimum Gasteiger partial charge on any atom is -0.378 e. The van der Waals surface area contributed by atoms with Gasteiger partial charge in [-0.2, -0.15) is 0 Å². The van der Waals surface area contributed by atoms with Crippen molar-refractivity contribution >= 4 is 40.3 Å². The van der Waals surface area contributed by atoms with Gasteiger partial charge >= 0.3 is 0 Å². The fourth-order valence-electron chi connectivity index (χ4n) is 3.10. The van der Waals surface area contributed by atoms with Gasteiger partial charge in [0.2, 0.25) is 0 Å². The van der Waals surface area contributed by atoms with Gasteiger partial charge in [0.1, 0.15) is 16.6 Å². The van der Waals surface area contributed by atoms with Crippen LogP contribution in [0.4, 0.5) is 5.69 Å². The smallest absolute Gasteiger partial charge is 0.275 e. The number of aromatic amines is 1. The highest BCUT2D eigenvalue weighted by Crippen LogP contribution is 2.37. The fraction of sp³-hybridized carbons (Fsp3) is 0.200. The maximum atomic E-state index is 12.8. The zero-order valence-corrected chi connectivity index (χ0v) is 16.7. The number of aromatic nitrogens is 2. The highest BCUT2D eigenvalue weighted by atomic mass is 32.2. The van der Waals surface area contributed by atoms with Crippen LogP contribution in [-0.4, -0.2) is 46.6 Å². The lowest BCUT2D eigenvalue weighted by atomic mass is 10.2. The summed E-state index contributed by atoms with van der Waals surface area (Å²) in [6, 6.07) is 12.7. The molecule has 1 unspecified atom stereocenters. The van der Waals surface area contributed by atoms with E-state index in [0.29, 0.717) is 11.0 Å². The van der Waals surface area contributed by atoms with E-state index in [1.54, 1.807) is 18.3 Å². The molecule has 29 heavy (non-hydrogen) atoms. The second-order valence-electron chi connectivity index (χ2n) is 6.81. The molecule has 4 rings (SSSR count). The van der Waals surface area contributed by atoms with Gasteiger partial charge in [-0.25, -0.2) is 9.99 Å². The summed E-state index contributed by atoms with van der Waals surface area (Å²) in [5, 5.41) is 1.57. The molecule has 3 aromatic rings. The van der Waals surface area contributed by atoms with Crippen LogP contribution >= 0.6 is 11.8 Å². The van der Waals surface area contributed by atoms with Crippen molar-refractivity contribution in [3.63, 3.8) is 0 Å². The first-order chi connectivity index (χ1) is 13.9. The number of anilines is 1. The molecule has 0 bridgehead atoms. The van der Waals surface area contributed by atoms with Gasteiger partial charge in [0.05, 0.1) is 5.75 Å². The minimum atomic E-state index is -0.636. The van der Waals surface area contributed by atoms with E-state index >= 15 is 0 Å². The number of nitrogens with one attached hydrogen (secondary N) is 2. The average Bonchev–Trinajstić information content (AvgIpc) is 3.07. The Morgan fingerprint density at radius 3 is 2.72 bits per heavy atom. The topological polar surface area (TPSA) is 98.4 Å². The zero-order chi connectivity index (χ0) is 20.5. The lowest BCUT2D eigenvalue weighted by Gasteiger charge is -2.25. The van der Waals surface area contributed by atoms with Crippen LogP contribution in [0.5, 0.6) is 0 Å². The molecule has 1 aromatic carbocycles. The normalized spacial score (nSPS) is 16.3. The van der Waals surface area contributed by atoms with Crippen LogP contribution in [0.2, 0.25) is 0 Å². The predicted molar refractivity (Wildman–Crippen MR) is 113 cm³/mol. The summed E-state index contributed by atoms with van der Waals surface area (Å²) in [4.78, 5) is 46.1. The second-order valence-corrected chi connectivity index (χ2v) is 7.88. The van der Waals surface area contributed by atoms with Crippen LogP contribution in [0, 0.1) is 0 Å². The van der Waals surface area contributed by atoms with E-state index in [2.05, 4.69) is 15.4 Å². The number of carbonyl (C=O) groups is 2. The first kappa shape index (κ1) is 19.0. The Hall–Kier alpha value is -3.33. The third-order valence-electron chi connectivity index (χ3n) is 4.64. The first-order valence-corrected chi connectivity index (χ1v) is 9.99. The van der Waals surface area contributed by atoms with E-state index in [0.717, 1.165) is 11.3 Å². The van der Waals surface area contributed by atoms with Crippen molar-refractivity contribution in [2.24, 2.45) is 0 Å². The van der Waals surface area contributed by atoms with Gasteiger partial charge in [-0.15, -0.1) is 11.8 Å². The Kier molecular flexibility index (Phi) is 4.98. The first-order valence-electron chi connectivity index (χ1n) is 8.94. The summed E-state index contributed by atoms with van der Waals surface area (Å²) >= 11 is 1.42. The largest absolute Gasteiger partial charge is 0.378 e.